The van der Waals surface area contributed by atoms with Gasteiger partial charge in [-0.1, -0.05) is 36.4 Å². The molecule has 0 saturated heterocycles. The average Bonchev–Trinajstić information content (AvgIpc) is 2.73. The first-order valence-electron chi connectivity index (χ1n) is 8.57. The molecule has 144 valence electrons. The smallest absolute Gasteiger partial charge is 0.261 e. The molecule has 0 aliphatic rings. The number of anilines is 1. The molecule has 0 aliphatic carbocycles. The first-order chi connectivity index (χ1) is 13.5. The van der Waals surface area contributed by atoms with Gasteiger partial charge < -0.3 is 10.1 Å². The number of sulfonamides is 1. The number of ether oxygens (including phenoxy) is 1. The maximum Gasteiger partial charge on any atom is 0.261 e. The zero-order valence-corrected chi connectivity index (χ0v) is 16.1. The zero-order chi connectivity index (χ0) is 20.0. The lowest BCUT2D eigenvalue weighted by Crippen LogP contribution is -2.23. The fraction of sp³-hybridized carbons (Fsp3) is 0.0952. The topological polar surface area (TPSA) is 84.5 Å². The monoisotopic (exact) mass is 396 g/mol. The first kappa shape index (κ1) is 19.4. The third-order valence-electron chi connectivity index (χ3n) is 4.08. The summed E-state index contributed by atoms with van der Waals surface area (Å²) in [5.41, 5.74) is 1.67. The van der Waals surface area contributed by atoms with Crippen molar-refractivity contribution in [3.8, 4) is 5.75 Å². The van der Waals surface area contributed by atoms with Crippen LogP contribution in [0, 0.1) is 0 Å². The van der Waals surface area contributed by atoms with Gasteiger partial charge in [-0.15, -0.1) is 0 Å². The molecule has 0 fully saturated rings. The van der Waals surface area contributed by atoms with Crippen molar-refractivity contribution in [1.29, 1.82) is 0 Å². The number of hydrogen-bond acceptors (Lipinski definition) is 4. The molecule has 0 atom stereocenters. The van der Waals surface area contributed by atoms with Gasteiger partial charge in [0.05, 0.1) is 12.0 Å². The van der Waals surface area contributed by atoms with E-state index in [-0.39, 0.29) is 10.8 Å². The largest absolute Gasteiger partial charge is 0.496 e. The van der Waals surface area contributed by atoms with Gasteiger partial charge in [0.1, 0.15) is 5.75 Å². The predicted molar refractivity (Wildman–Crippen MR) is 108 cm³/mol. The van der Waals surface area contributed by atoms with Crippen LogP contribution in [0.2, 0.25) is 0 Å². The second-order valence-corrected chi connectivity index (χ2v) is 7.67. The quantitative estimate of drug-likeness (QED) is 0.641. The van der Waals surface area contributed by atoms with E-state index in [2.05, 4.69) is 10.0 Å². The highest BCUT2D eigenvalue weighted by Gasteiger charge is 2.14. The van der Waals surface area contributed by atoms with Crippen LogP contribution in [0.25, 0.3) is 0 Å². The van der Waals surface area contributed by atoms with E-state index in [1.807, 2.05) is 24.3 Å². The highest BCUT2D eigenvalue weighted by molar-refractivity contribution is 7.92. The van der Waals surface area contributed by atoms with E-state index in [0.29, 0.717) is 23.5 Å². The molecule has 6 nitrogen and oxygen atoms in total. The molecule has 3 rings (SSSR count). The van der Waals surface area contributed by atoms with Crippen molar-refractivity contribution in [2.24, 2.45) is 0 Å². The first-order valence-corrected chi connectivity index (χ1v) is 10.1. The van der Waals surface area contributed by atoms with E-state index >= 15 is 0 Å². The number of carbonyl (C=O) groups is 1. The van der Waals surface area contributed by atoms with Crippen molar-refractivity contribution >= 4 is 21.6 Å². The summed E-state index contributed by atoms with van der Waals surface area (Å²) in [5, 5.41) is 2.83. The predicted octanol–water partition coefficient (Wildman–Crippen LogP) is 3.43. The standard InChI is InChI=1S/C21H20N2O4S/c1-27-20-10-6-5-7-17(20)15-22-21(24)16-11-13-18(14-12-16)23-28(25,26)19-8-3-2-4-9-19/h2-14,23H,15H2,1H3,(H,22,24). The van der Waals surface area contributed by atoms with Crippen LogP contribution in [0.5, 0.6) is 5.75 Å². The van der Waals surface area contributed by atoms with Gasteiger partial charge in [-0.05, 0) is 42.5 Å². The van der Waals surface area contributed by atoms with Gasteiger partial charge in [-0.3, -0.25) is 9.52 Å². The molecule has 3 aromatic carbocycles. The van der Waals surface area contributed by atoms with Gasteiger partial charge >= 0.3 is 0 Å². The molecule has 0 radical (unpaired) electrons. The lowest BCUT2D eigenvalue weighted by Gasteiger charge is -2.11. The molecule has 0 bridgehead atoms. The maximum atomic E-state index is 12.3. The van der Waals surface area contributed by atoms with Crippen LogP contribution in [0.4, 0.5) is 5.69 Å². The van der Waals surface area contributed by atoms with Crippen LogP contribution in [-0.4, -0.2) is 21.4 Å². The third kappa shape index (κ3) is 4.69. The van der Waals surface area contributed by atoms with E-state index < -0.39 is 10.0 Å². The molecule has 0 aromatic heterocycles. The minimum atomic E-state index is -3.66. The van der Waals surface area contributed by atoms with E-state index in [0.717, 1.165) is 5.56 Å². The Balaban J connectivity index is 1.64. The Morgan fingerprint density at radius 1 is 0.893 bits per heavy atom. The molecular formula is C21H20N2O4S. The van der Waals surface area contributed by atoms with E-state index in [4.69, 9.17) is 4.74 Å². The van der Waals surface area contributed by atoms with Crippen LogP contribution in [0.3, 0.4) is 0 Å². The number of amides is 1. The molecule has 0 aliphatic heterocycles. The number of benzene rings is 3. The molecule has 0 spiro atoms. The van der Waals surface area contributed by atoms with Crippen LogP contribution in [0.1, 0.15) is 15.9 Å². The fourth-order valence-corrected chi connectivity index (χ4v) is 3.71. The van der Waals surface area contributed by atoms with Gasteiger partial charge in [-0.2, -0.15) is 0 Å². The summed E-state index contributed by atoms with van der Waals surface area (Å²) in [6, 6.07) is 21.8. The van der Waals surface area contributed by atoms with Crippen molar-refractivity contribution in [3.63, 3.8) is 0 Å². The minimum Gasteiger partial charge on any atom is -0.496 e. The summed E-state index contributed by atoms with van der Waals surface area (Å²) >= 11 is 0. The number of methoxy groups -OCH3 is 1. The lowest BCUT2D eigenvalue weighted by molar-refractivity contribution is 0.0950. The van der Waals surface area contributed by atoms with Crippen molar-refractivity contribution < 1.29 is 17.9 Å². The average molecular weight is 396 g/mol. The van der Waals surface area contributed by atoms with Gasteiger partial charge in [0.25, 0.3) is 15.9 Å². The number of rotatable bonds is 7. The van der Waals surface area contributed by atoms with Gasteiger partial charge in [0, 0.05) is 23.4 Å². The molecule has 28 heavy (non-hydrogen) atoms. The van der Waals surface area contributed by atoms with Crippen molar-refractivity contribution in [2.75, 3.05) is 11.8 Å². The molecule has 3 aromatic rings. The van der Waals surface area contributed by atoms with Gasteiger partial charge in [-0.25, -0.2) is 8.42 Å². The second kappa shape index (κ2) is 8.58. The van der Waals surface area contributed by atoms with Crippen molar-refractivity contribution in [3.05, 3.63) is 90.0 Å². The summed E-state index contributed by atoms with van der Waals surface area (Å²) in [7, 11) is -2.09. The molecule has 0 saturated carbocycles. The van der Waals surface area contributed by atoms with Gasteiger partial charge in [0.2, 0.25) is 0 Å². The molecular weight excluding hydrogens is 376 g/mol. The minimum absolute atomic E-state index is 0.175. The molecule has 7 heteroatoms. The third-order valence-corrected chi connectivity index (χ3v) is 5.48. The van der Waals surface area contributed by atoms with Crippen LogP contribution in [-0.2, 0) is 16.6 Å². The Morgan fingerprint density at radius 3 is 2.21 bits per heavy atom. The van der Waals surface area contributed by atoms with Crippen LogP contribution in [0.15, 0.2) is 83.8 Å². The van der Waals surface area contributed by atoms with E-state index in [1.54, 1.807) is 49.6 Å². The Bertz CT molecular complexity index is 1050. The Hall–Kier alpha value is -3.32. The Morgan fingerprint density at radius 2 is 1.54 bits per heavy atom. The molecule has 1 amide bonds. The van der Waals surface area contributed by atoms with Crippen molar-refractivity contribution in [1.82, 2.24) is 5.32 Å². The van der Waals surface area contributed by atoms with Crippen LogP contribution >= 0.6 is 0 Å². The van der Waals surface area contributed by atoms with Crippen molar-refractivity contribution in [2.45, 2.75) is 11.4 Å². The summed E-state index contributed by atoms with van der Waals surface area (Å²) in [5.74, 6) is 0.442. The lowest BCUT2D eigenvalue weighted by atomic mass is 10.1. The normalized spacial score (nSPS) is 10.9. The van der Waals surface area contributed by atoms with Gasteiger partial charge in [0.15, 0.2) is 0 Å². The fourth-order valence-electron chi connectivity index (χ4n) is 2.63. The number of para-hydroxylation sites is 1. The van der Waals surface area contributed by atoms with Crippen LogP contribution < -0.4 is 14.8 Å². The number of nitrogens with one attached hydrogen (secondary N) is 2. The SMILES string of the molecule is COc1ccccc1CNC(=O)c1ccc(NS(=O)(=O)c2ccccc2)cc1. The molecule has 0 unspecified atom stereocenters. The summed E-state index contributed by atoms with van der Waals surface area (Å²) < 4.78 is 32.4. The van der Waals surface area contributed by atoms with E-state index in [9.17, 15) is 13.2 Å². The highest BCUT2D eigenvalue weighted by atomic mass is 32.2. The zero-order valence-electron chi connectivity index (χ0n) is 15.3. The maximum absolute atomic E-state index is 12.3. The summed E-state index contributed by atoms with van der Waals surface area (Å²) in [4.78, 5) is 12.5. The molecule has 2 N–H and O–H groups in total. The Labute approximate surface area is 164 Å². The van der Waals surface area contributed by atoms with E-state index in [1.165, 1.54) is 12.1 Å². The number of hydrogen-bond donors (Lipinski definition) is 2. The second-order valence-electron chi connectivity index (χ2n) is 5.99. The number of carbonyl (C=O) groups excluding carboxylic acids is 1. The Kier molecular flexibility index (Phi) is 5.96. The highest BCUT2D eigenvalue weighted by Crippen LogP contribution is 2.18. The summed E-state index contributed by atoms with van der Waals surface area (Å²) in [6.45, 7) is 0.325. The molecule has 0 heterocycles. The summed E-state index contributed by atoms with van der Waals surface area (Å²) in [6.07, 6.45) is 0.